The molecule has 0 N–H and O–H groups in total. The number of hydrogen-bond acceptors (Lipinski definition) is 3. The van der Waals surface area contributed by atoms with Crippen molar-refractivity contribution in [3.05, 3.63) is 17.9 Å². The molecule has 0 spiro atoms. The van der Waals surface area contributed by atoms with Crippen molar-refractivity contribution in [2.24, 2.45) is 5.89 Å². The molecule has 1 fully saturated rings. The third-order valence-corrected chi connectivity index (χ3v) is 3.36. The summed E-state index contributed by atoms with van der Waals surface area (Å²) in [7, 11) is -0.972. The van der Waals surface area contributed by atoms with E-state index in [-0.39, 0.29) is 5.66 Å². The van der Waals surface area contributed by atoms with Gasteiger partial charge in [0.25, 0.3) is 0 Å². The maximum Gasteiger partial charge on any atom is 0.532 e. The molecule has 2 heterocycles. The molecule has 1 aliphatic heterocycles. The van der Waals surface area contributed by atoms with Crippen LogP contribution in [0.25, 0.3) is 0 Å². The van der Waals surface area contributed by atoms with Crippen molar-refractivity contribution in [3.63, 3.8) is 0 Å². The molecule has 1 saturated heterocycles. The van der Waals surface area contributed by atoms with E-state index in [1.54, 1.807) is 0 Å². The Balaban J connectivity index is 2.45. The summed E-state index contributed by atoms with van der Waals surface area (Å²) >= 11 is 0. The highest BCUT2D eigenvalue weighted by Gasteiger charge is 2.53. The predicted molar refractivity (Wildman–Crippen MR) is 73.0 cm³/mol. The third kappa shape index (κ3) is 2.50. The van der Waals surface area contributed by atoms with Crippen molar-refractivity contribution < 1.29 is 26.1 Å². The van der Waals surface area contributed by atoms with Crippen LogP contribution in [0.15, 0.2) is 16.5 Å². The lowest BCUT2D eigenvalue weighted by molar-refractivity contribution is 0.00578. The largest absolute Gasteiger partial charge is 0.532 e. The van der Waals surface area contributed by atoms with Crippen LogP contribution < -0.4 is 5.66 Å². The molecule has 2 rings (SSSR count). The van der Waals surface area contributed by atoms with Crippen molar-refractivity contribution in [2.75, 3.05) is 0 Å². The van der Waals surface area contributed by atoms with E-state index in [1.807, 2.05) is 27.7 Å². The molecule has 0 saturated carbocycles. The minimum atomic E-state index is -3.43. The second kappa shape index (κ2) is 4.43. The van der Waals surface area contributed by atoms with Gasteiger partial charge in [0.1, 0.15) is 11.4 Å². The Morgan fingerprint density at radius 3 is 2.44 bits per heavy atom. The molecule has 18 heavy (non-hydrogen) atoms. The Labute approximate surface area is 123 Å². The van der Waals surface area contributed by atoms with Gasteiger partial charge in [-0.1, -0.05) is 13.7 Å². The van der Waals surface area contributed by atoms with Crippen LogP contribution in [0, 0.1) is 5.89 Å². The van der Waals surface area contributed by atoms with Gasteiger partial charge in [0.2, 0.25) is 0 Å². The van der Waals surface area contributed by atoms with E-state index in [9.17, 15) is 0 Å². The Kier molecular flexibility index (Phi) is 1.51. The maximum absolute atomic E-state index is 8.16. The standard InChI is InChI=1S/C14H23BO3/c1-10(2)9-11-7-8-12(16-11)15-17-13(3,4)14(5,6)18-15/h7-8,10H,9H2,1-6H3/i1D3,2D3,9D2,10D. The van der Waals surface area contributed by atoms with E-state index < -0.39 is 50.1 Å². The average Bonchev–Trinajstić information content (AvgIpc) is 2.99. The van der Waals surface area contributed by atoms with E-state index in [4.69, 9.17) is 26.1 Å². The highest BCUT2D eigenvalue weighted by Crippen LogP contribution is 2.36. The first kappa shape index (κ1) is 6.14. The van der Waals surface area contributed by atoms with Gasteiger partial charge < -0.3 is 13.7 Å². The fraction of sp³-hybridized carbons (Fsp3) is 0.714. The number of hydrogen-bond donors (Lipinski definition) is 0. The highest BCUT2D eigenvalue weighted by molar-refractivity contribution is 6.60. The molecule has 0 unspecified atom stereocenters. The van der Waals surface area contributed by atoms with Crippen LogP contribution in [-0.2, 0) is 15.7 Å². The van der Waals surface area contributed by atoms with E-state index in [2.05, 4.69) is 0 Å². The fourth-order valence-electron chi connectivity index (χ4n) is 1.63. The summed E-state index contributed by atoms with van der Waals surface area (Å²) in [5.41, 5.74) is -1.30. The molecule has 0 aromatic carbocycles. The van der Waals surface area contributed by atoms with Crippen molar-refractivity contribution >= 4 is 12.8 Å². The van der Waals surface area contributed by atoms with Crippen LogP contribution >= 0.6 is 0 Å². The number of furan rings is 1. The molecule has 1 aromatic heterocycles. The van der Waals surface area contributed by atoms with Crippen LogP contribution in [0.3, 0.4) is 0 Å². The maximum atomic E-state index is 8.16. The predicted octanol–water partition coefficient (Wildman–Crippen LogP) is 2.78. The Morgan fingerprint density at radius 2 is 1.89 bits per heavy atom. The normalized spacial score (nSPS) is 32.0. The quantitative estimate of drug-likeness (QED) is 0.782. The van der Waals surface area contributed by atoms with Crippen molar-refractivity contribution in [2.45, 2.75) is 59.0 Å². The molecule has 4 heteroatoms. The molecule has 0 atom stereocenters. The zero-order valence-electron chi connectivity index (χ0n) is 20.0. The molecule has 0 bridgehead atoms. The first-order chi connectivity index (χ1) is 11.8. The SMILES string of the molecule is [2H]C([2H])([2H])C([2H])(C([2H])([2H])[2H])C([2H])([2H])c1ccc(B2OC(C)(C)C(C)(C)O2)o1. The summed E-state index contributed by atoms with van der Waals surface area (Å²) in [5.74, 6) is -4.02. The fourth-order valence-corrected chi connectivity index (χ4v) is 1.63. The van der Waals surface area contributed by atoms with Gasteiger partial charge in [0.05, 0.1) is 11.2 Å². The third-order valence-electron chi connectivity index (χ3n) is 3.36. The minimum Gasteiger partial charge on any atom is -0.470 e. The summed E-state index contributed by atoms with van der Waals surface area (Å²) in [6, 6.07) is 2.44. The molecule has 100 valence electrons. The summed E-state index contributed by atoms with van der Waals surface area (Å²) in [4.78, 5) is 0. The Hall–Kier alpha value is -0.735. The minimum absolute atomic E-state index is 0.0611. The van der Waals surface area contributed by atoms with Gasteiger partial charge in [-0.15, -0.1) is 0 Å². The van der Waals surface area contributed by atoms with Gasteiger partial charge >= 0.3 is 7.12 Å². The van der Waals surface area contributed by atoms with Gasteiger partial charge in [0, 0.05) is 18.7 Å². The van der Waals surface area contributed by atoms with Crippen LogP contribution in [0.2, 0.25) is 0 Å². The number of rotatable bonds is 3. The molecule has 1 aliphatic rings. The average molecular weight is 259 g/mol. The lowest BCUT2D eigenvalue weighted by atomic mass is 9.86. The van der Waals surface area contributed by atoms with E-state index in [0.29, 0.717) is 0 Å². The van der Waals surface area contributed by atoms with Crippen LogP contribution in [0.4, 0.5) is 0 Å². The van der Waals surface area contributed by atoms with Gasteiger partial charge in [-0.05, 0) is 45.7 Å². The molecule has 0 aliphatic carbocycles. The zero-order chi connectivity index (χ0) is 21.3. The van der Waals surface area contributed by atoms with Crippen molar-refractivity contribution in [1.29, 1.82) is 0 Å². The van der Waals surface area contributed by atoms with Gasteiger partial charge in [-0.2, -0.15) is 0 Å². The van der Waals surface area contributed by atoms with Crippen molar-refractivity contribution in [1.82, 2.24) is 0 Å². The Bertz CT molecular complexity index is 675. The lowest BCUT2D eigenvalue weighted by Crippen LogP contribution is -2.41. The summed E-state index contributed by atoms with van der Waals surface area (Å²) in [6.45, 7) is 0.392. The van der Waals surface area contributed by atoms with Gasteiger partial charge in [0.15, 0.2) is 0 Å². The topological polar surface area (TPSA) is 31.6 Å². The van der Waals surface area contributed by atoms with Gasteiger partial charge in [-0.3, -0.25) is 0 Å². The highest BCUT2D eigenvalue weighted by atomic mass is 16.7. The van der Waals surface area contributed by atoms with Crippen molar-refractivity contribution in [3.8, 4) is 0 Å². The summed E-state index contributed by atoms with van der Waals surface area (Å²) < 4.78 is 86.3. The first-order valence-corrected chi connectivity index (χ1v) is 5.74. The van der Waals surface area contributed by atoms with Crippen LogP contribution in [0.5, 0.6) is 0 Å². The summed E-state index contributed by atoms with van der Waals surface area (Å²) in [6.07, 6.45) is -3.13. The molecule has 0 radical (unpaired) electrons. The molecule has 3 nitrogen and oxygen atoms in total. The zero-order valence-corrected chi connectivity index (χ0v) is 11.0. The first-order valence-electron chi connectivity index (χ1n) is 10.2. The van der Waals surface area contributed by atoms with Crippen LogP contribution in [-0.4, -0.2) is 18.3 Å². The van der Waals surface area contributed by atoms with E-state index in [0.717, 1.165) is 6.07 Å². The second-order valence-corrected chi connectivity index (χ2v) is 5.29. The monoisotopic (exact) mass is 259 g/mol. The molecule has 1 aromatic rings. The molecular formula is C14H23BO3. The molecular weight excluding hydrogens is 227 g/mol. The van der Waals surface area contributed by atoms with E-state index in [1.165, 1.54) is 6.07 Å². The lowest BCUT2D eigenvalue weighted by Gasteiger charge is -2.32. The van der Waals surface area contributed by atoms with Crippen LogP contribution in [0.1, 0.15) is 59.5 Å². The van der Waals surface area contributed by atoms with Gasteiger partial charge in [-0.25, -0.2) is 0 Å². The summed E-state index contributed by atoms with van der Waals surface area (Å²) in [5, 5.41) is 0. The second-order valence-electron chi connectivity index (χ2n) is 5.29. The Morgan fingerprint density at radius 1 is 1.28 bits per heavy atom. The molecule has 0 amide bonds. The van der Waals surface area contributed by atoms with E-state index >= 15 is 0 Å². The smallest absolute Gasteiger partial charge is 0.470 e.